The van der Waals surface area contributed by atoms with Crippen LogP contribution >= 0.6 is 0 Å². The lowest BCUT2D eigenvalue weighted by Gasteiger charge is -2.28. The highest BCUT2D eigenvalue weighted by Gasteiger charge is 2.21. The maximum Gasteiger partial charge on any atom is 0.0193 e. The Morgan fingerprint density at radius 2 is 1.26 bits per heavy atom. The SMILES string of the molecule is C=C(C)[C@@H]1CC=C(CN2CCCN(CC3=CC[C@H](C(=C)C)CC3)CC2)CC1. The topological polar surface area (TPSA) is 6.48 Å². The number of hydrogen-bond acceptors (Lipinski definition) is 2. The van der Waals surface area contributed by atoms with Crippen molar-refractivity contribution in [3.63, 3.8) is 0 Å². The molecule has 0 bridgehead atoms. The Labute approximate surface area is 167 Å². The summed E-state index contributed by atoms with van der Waals surface area (Å²) in [7, 11) is 0. The molecular weight excluding hydrogens is 328 g/mol. The van der Waals surface area contributed by atoms with E-state index in [2.05, 4.69) is 49.0 Å². The molecule has 1 fully saturated rings. The molecule has 2 heteroatoms. The zero-order chi connectivity index (χ0) is 19.2. The summed E-state index contributed by atoms with van der Waals surface area (Å²) in [5.41, 5.74) is 6.06. The first-order valence-electron chi connectivity index (χ1n) is 11.1. The highest BCUT2D eigenvalue weighted by Crippen LogP contribution is 2.30. The maximum absolute atomic E-state index is 4.15. The van der Waals surface area contributed by atoms with E-state index in [0.717, 1.165) is 11.8 Å². The van der Waals surface area contributed by atoms with Gasteiger partial charge in [-0.3, -0.25) is 9.80 Å². The minimum atomic E-state index is 0.724. The van der Waals surface area contributed by atoms with Gasteiger partial charge < -0.3 is 0 Å². The highest BCUT2D eigenvalue weighted by molar-refractivity contribution is 5.15. The van der Waals surface area contributed by atoms with Gasteiger partial charge in [0, 0.05) is 26.2 Å². The van der Waals surface area contributed by atoms with E-state index in [4.69, 9.17) is 0 Å². The Kier molecular flexibility index (Phi) is 7.55. The van der Waals surface area contributed by atoms with Crippen molar-refractivity contribution in [2.45, 2.75) is 58.8 Å². The summed E-state index contributed by atoms with van der Waals surface area (Å²) in [6, 6.07) is 0. The third-order valence-corrected chi connectivity index (χ3v) is 6.94. The molecule has 2 nitrogen and oxygen atoms in total. The standard InChI is InChI=1S/C25H40N2/c1-20(2)24-10-6-22(7-11-24)18-26-14-5-15-27(17-16-26)19-23-8-12-25(13-9-23)21(3)4/h6,8,24-25H,1,3,5,7,9-19H2,2,4H3/t24-,25+. The van der Waals surface area contributed by atoms with Crippen molar-refractivity contribution in [3.05, 3.63) is 47.6 Å². The normalized spacial score (nSPS) is 28.2. The fourth-order valence-electron chi connectivity index (χ4n) is 4.87. The lowest BCUT2D eigenvalue weighted by molar-refractivity contribution is 0.273. The molecule has 0 spiro atoms. The molecule has 0 radical (unpaired) electrons. The van der Waals surface area contributed by atoms with Crippen LogP contribution in [0, 0.1) is 11.8 Å². The van der Waals surface area contributed by atoms with Crippen molar-refractivity contribution < 1.29 is 0 Å². The van der Waals surface area contributed by atoms with Crippen molar-refractivity contribution in [1.82, 2.24) is 9.80 Å². The molecule has 0 unspecified atom stereocenters. The summed E-state index contributed by atoms with van der Waals surface area (Å²) < 4.78 is 0. The molecule has 0 aromatic heterocycles. The minimum Gasteiger partial charge on any atom is -0.298 e. The van der Waals surface area contributed by atoms with E-state index in [0.29, 0.717) is 0 Å². The molecule has 0 N–H and O–H groups in total. The summed E-state index contributed by atoms with van der Waals surface area (Å²) in [5, 5.41) is 0. The molecule has 0 amide bonds. The summed E-state index contributed by atoms with van der Waals surface area (Å²) in [6.07, 6.45) is 13.9. The molecule has 2 atom stereocenters. The molecule has 3 aliphatic rings. The first-order valence-corrected chi connectivity index (χ1v) is 11.1. The Balaban J connectivity index is 1.43. The quantitative estimate of drug-likeness (QED) is 0.563. The number of allylic oxidation sites excluding steroid dienone is 4. The summed E-state index contributed by atoms with van der Waals surface area (Å²) in [6.45, 7) is 20.0. The highest BCUT2D eigenvalue weighted by atomic mass is 15.2. The molecular formula is C25H40N2. The number of rotatable bonds is 6. The van der Waals surface area contributed by atoms with Gasteiger partial charge in [0.15, 0.2) is 0 Å². The van der Waals surface area contributed by atoms with Crippen LogP contribution in [-0.4, -0.2) is 49.1 Å². The number of nitrogens with zero attached hydrogens (tertiary/aromatic N) is 2. The second-order valence-electron chi connectivity index (χ2n) is 9.27. The van der Waals surface area contributed by atoms with Crippen LogP contribution in [0.25, 0.3) is 0 Å². The fraction of sp³-hybridized carbons (Fsp3) is 0.680. The second-order valence-corrected chi connectivity index (χ2v) is 9.27. The van der Waals surface area contributed by atoms with Crippen LogP contribution < -0.4 is 0 Å². The second kappa shape index (κ2) is 9.89. The van der Waals surface area contributed by atoms with Crippen LogP contribution in [0.3, 0.4) is 0 Å². The molecule has 150 valence electrons. The van der Waals surface area contributed by atoms with Gasteiger partial charge in [-0.2, -0.15) is 0 Å². The smallest absolute Gasteiger partial charge is 0.0193 e. The summed E-state index contributed by atoms with van der Waals surface area (Å²) in [4.78, 5) is 5.39. The first-order chi connectivity index (χ1) is 13.0. The molecule has 1 aliphatic heterocycles. The van der Waals surface area contributed by atoms with E-state index in [1.165, 1.54) is 95.4 Å². The van der Waals surface area contributed by atoms with Gasteiger partial charge in [-0.25, -0.2) is 0 Å². The Morgan fingerprint density at radius 1 is 0.815 bits per heavy atom. The molecule has 1 saturated heterocycles. The van der Waals surface area contributed by atoms with E-state index >= 15 is 0 Å². The summed E-state index contributed by atoms with van der Waals surface area (Å²) >= 11 is 0. The molecule has 0 saturated carbocycles. The Hall–Kier alpha value is -1.12. The van der Waals surface area contributed by atoms with Crippen LogP contribution in [0.2, 0.25) is 0 Å². The van der Waals surface area contributed by atoms with Gasteiger partial charge in [0.1, 0.15) is 0 Å². The number of hydrogen-bond donors (Lipinski definition) is 0. The lowest BCUT2D eigenvalue weighted by atomic mass is 9.85. The fourth-order valence-corrected chi connectivity index (χ4v) is 4.87. The van der Waals surface area contributed by atoms with Crippen molar-refractivity contribution in [1.29, 1.82) is 0 Å². The van der Waals surface area contributed by atoms with Gasteiger partial charge in [0.2, 0.25) is 0 Å². The van der Waals surface area contributed by atoms with Gasteiger partial charge in [-0.05, 0) is 83.7 Å². The third kappa shape index (κ3) is 6.19. The van der Waals surface area contributed by atoms with E-state index in [1.54, 1.807) is 11.1 Å². The van der Waals surface area contributed by atoms with Crippen molar-refractivity contribution in [2.24, 2.45) is 11.8 Å². The molecule has 3 rings (SSSR count). The average molecular weight is 369 g/mol. The van der Waals surface area contributed by atoms with E-state index < -0.39 is 0 Å². The van der Waals surface area contributed by atoms with E-state index in [1.807, 2.05) is 0 Å². The van der Waals surface area contributed by atoms with Crippen LogP contribution in [0.5, 0.6) is 0 Å². The van der Waals surface area contributed by atoms with Gasteiger partial charge in [-0.1, -0.05) is 47.6 Å². The van der Waals surface area contributed by atoms with E-state index in [-0.39, 0.29) is 0 Å². The summed E-state index contributed by atoms with van der Waals surface area (Å²) in [5.74, 6) is 1.45. The first kappa shape index (κ1) is 20.6. The predicted molar refractivity (Wildman–Crippen MR) is 118 cm³/mol. The van der Waals surface area contributed by atoms with Crippen molar-refractivity contribution in [2.75, 3.05) is 39.3 Å². The maximum atomic E-state index is 4.15. The van der Waals surface area contributed by atoms with Gasteiger partial charge in [0.05, 0.1) is 0 Å². The van der Waals surface area contributed by atoms with Gasteiger partial charge in [0.25, 0.3) is 0 Å². The van der Waals surface area contributed by atoms with Crippen LogP contribution in [0.15, 0.2) is 47.6 Å². The monoisotopic (exact) mass is 368 g/mol. The van der Waals surface area contributed by atoms with Crippen LogP contribution in [0.4, 0.5) is 0 Å². The molecule has 1 heterocycles. The van der Waals surface area contributed by atoms with Crippen LogP contribution in [-0.2, 0) is 0 Å². The zero-order valence-corrected chi connectivity index (χ0v) is 17.8. The lowest BCUT2D eigenvalue weighted by Crippen LogP contribution is -2.33. The third-order valence-electron chi connectivity index (χ3n) is 6.94. The average Bonchev–Trinajstić information content (AvgIpc) is 2.88. The van der Waals surface area contributed by atoms with E-state index in [9.17, 15) is 0 Å². The van der Waals surface area contributed by atoms with Crippen molar-refractivity contribution >= 4 is 0 Å². The zero-order valence-electron chi connectivity index (χ0n) is 17.8. The largest absolute Gasteiger partial charge is 0.298 e. The minimum absolute atomic E-state index is 0.724. The van der Waals surface area contributed by atoms with Crippen LogP contribution in [0.1, 0.15) is 58.8 Å². The molecule has 0 aromatic rings. The molecule has 0 aromatic carbocycles. The molecule has 2 aliphatic carbocycles. The van der Waals surface area contributed by atoms with Crippen molar-refractivity contribution in [3.8, 4) is 0 Å². The van der Waals surface area contributed by atoms with Gasteiger partial charge in [-0.15, -0.1) is 0 Å². The molecule has 27 heavy (non-hydrogen) atoms. The Bertz CT molecular complexity index is 545. The Morgan fingerprint density at radius 3 is 1.59 bits per heavy atom. The van der Waals surface area contributed by atoms with Gasteiger partial charge >= 0.3 is 0 Å². The predicted octanol–water partition coefficient (Wildman–Crippen LogP) is 5.60.